The van der Waals surface area contributed by atoms with Crippen molar-refractivity contribution in [2.75, 3.05) is 10.2 Å². The summed E-state index contributed by atoms with van der Waals surface area (Å²) in [6.45, 7) is 6.06. The van der Waals surface area contributed by atoms with E-state index in [1.165, 1.54) is 45.5 Å². The van der Waals surface area contributed by atoms with Crippen LogP contribution < -0.4 is 15.1 Å². The van der Waals surface area contributed by atoms with Crippen molar-refractivity contribution in [1.82, 2.24) is 4.57 Å². The monoisotopic (exact) mass is 679 g/mol. The van der Waals surface area contributed by atoms with Crippen LogP contribution in [0.5, 0.6) is 0 Å². The molecule has 3 aromatic carbocycles. The van der Waals surface area contributed by atoms with E-state index in [0.29, 0.717) is 21.3 Å². The van der Waals surface area contributed by atoms with Crippen molar-refractivity contribution in [2.45, 2.75) is 48.9 Å². The minimum Gasteiger partial charge on any atom is -0.325 e. The van der Waals surface area contributed by atoms with Crippen molar-refractivity contribution in [1.29, 1.82) is 0 Å². The largest absolute Gasteiger partial charge is 0.325 e. The van der Waals surface area contributed by atoms with Crippen LogP contribution in [0.15, 0.2) is 87.1 Å². The lowest BCUT2D eigenvalue weighted by atomic mass is 9.81. The van der Waals surface area contributed by atoms with Crippen LogP contribution in [0.4, 0.5) is 15.8 Å². The summed E-state index contributed by atoms with van der Waals surface area (Å²) >= 11 is 5.57. The minimum atomic E-state index is -0.781. The Hall–Kier alpha value is -3.54. The predicted molar refractivity (Wildman–Crippen MR) is 170 cm³/mol. The van der Waals surface area contributed by atoms with E-state index in [1.807, 2.05) is 24.3 Å². The summed E-state index contributed by atoms with van der Waals surface area (Å²) in [5.74, 6) is -2.85. The molecule has 0 radical (unpaired) electrons. The van der Waals surface area contributed by atoms with E-state index >= 15 is 0 Å². The minimum absolute atomic E-state index is 0.0851. The second-order valence-corrected chi connectivity index (χ2v) is 14.6. The third-order valence-electron chi connectivity index (χ3n) is 7.70. The highest BCUT2D eigenvalue weighted by atomic mass is 79.9. The van der Waals surface area contributed by atoms with Gasteiger partial charge in [-0.05, 0) is 65.1 Å². The number of anilines is 2. The molecule has 43 heavy (non-hydrogen) atoms. The SMILES string of the molecule is CC(C)(C)c1ccc([C@@H]2c3sc(=O)n(CC(=O)Nc4ccc(F)cc4)c3SC3C(=O)N(c4ccc(Br)cc4)C(=O)C32)cc1. The quantitative estimate of drug-likeness (QED) is 0.242. The molecule has 11 heteroatoms. The van der Waals surface area contributed by atoms with Gasteiger partial charge in [0.2, 0.25) is 17.7 Å². The number of amides is 3. The predicted octanol–water partition coefficient (Wildman–Crippen LogP) is 6.54. The molecule has 0 spiro atoms. The molecule has 2 unspecified atom stereocenters. The maximum atomic E-state index is 14.1. The van der Waals surface area contributed by atoms with Gasteiger partial charge in [0.1, 0.15) is 17.6 Å². The maximum Gasteiger partial charge on any atom is 0.308 e. The average molecular weight is 681 g/mol. The second kappa shape index (κ2) is 11.2. The van der Waals surface area contributed by atoms with Gasteiger partial charge in [-0.1, -0.05) is 84.1 Å². The van der Waals surface area contributed by atoms with Gasteiger partial charge in [0.15, 0.2) is 0 Å². The molecular weight excluding hydrogens is 653 g/mol. The number of aromatic nitrogens is 1. The lowest BCUT2D eigenvalue weighted by Crippen LogP contribution is -2.33. The molecule has 6 rings (SSSR count). The highest BCUT2D eigenvalue weighted by Gasteiger charge is 2.56. The molecule has 0 saturated carbocycles. The second-order valence-electron chi connectivity index (χ2n) is 11.6. The van der Waals surface area contributed by atoms with Crippen LogP contribution in [0.1, 0.15) is 42.7 Å². The third-order valence-corrected chi connectivity index (χ3v) is 10.8. The van der Waals surface area contributed by atoms with Gasteiger partial charge < -0.3 is 5.32 Å². The molecule has 1 aromatic heterocycles. The van der Waals surface area contributed by atoms with Gasteiger partial charge in [-0.25, -0.2) is 9.29 Å². The first-order chi connectivity index (χ1) is 20.4. The Kier molecular flexibility index (Phi) is 7.68. The molecule has 7 nitrogen and oxygen atoms in total. The summed E-state index contributed by atoms with van der Waals surface area (Å²) in [6, 6.07) is 20.3. The molecule has 3 amide bonds. The van der Waals surface area contributed by atoms with Crippen LogP contribution in [0, 0.1) is 11.7 Å². The Morgan fingerprint density at radius 1 is 0.930 bits per heavy atom. The molecule has 220 valence electrons. The third kappa shape index (κ3) is 5.49. The number of nitrogens with one attached hydrogen (secondary N) is 1. The molecule has 1 N–H and O–H groups in total. The first-order valence-corrected chi connectivity index (χ1v) is 16.1. The summed E-state index contributed by atoms with van der Waals surface area (Å²) in [7, 11) is 0. The zero-order valence-electron chi connectivity index (χ0n) is 23.5. The van der Waals surface area contributed by atoms with Crippen LogP contribution in [-0.4, -0.2) is 27.5 Å². The fourth-order valence-electron chi connectivity index (χ4n) is 5.53. The highest BCUT2D eigenvalue weighted by molar-refractivity contribution is 9.10. The number of hydrogen-bond acceptors (Lipinski definition) is 6. The van der Waals surface area contributed by atoms with Gasteiger partial charge in [0.05, 0.1) is 16.6 Å². The molecule has 1 fully saturated rings. The van der Waals surface area contributed by atoms with Crippen molar-refractivity contribution < 1.29 is 18.8 Å². The maximum absolute atomic E-state index is 14.1. The van der Waals surface area contributed by atoms with E-state index < -0.39 is 28.8 Å². The number of rotatable bonds is 5. The number of nitrogens with zero attached hydrogens (tertiary/aromatic N) is 2. The standard InChI is InChI=1S/C32H27BrFN3O4S2/c1-32(2,3)18-6-4-17(5-7-18)24-25-26(29(40)37(28(25)39)22-14-8-19(33)9-15-22)42-30-27(24)43-31(41)36(30)16-23(38)35-21-12-10-20(34)11-13-21/h4-15,24-26H,16H2,1-3H3,(H,35,38)/t24-,25?,26?/m0/s1. The molecule has 1 saturated heterocycles. The number of thiazole rings is 1. The molecule has 0 bridgehead atoms. The van der Waals surface area contributed by atoms with Crippen molar-refractivity contribution >= 4 is 68.1 Å². The number of benzene rings is 3. The van der Waals surface area contributed by atoms with Gasteiger partial charge in [0.25, 0.3) is 0 Å². The fraction of sp³-hybridized carbons (Fsp3) is 0.250. The smallest absolute Gasteiger partial charge is 0.308 e. The number of hydrogen-bond donors (Lipinski definition) is 1. The Bertz CT molecular complexity index is 1790. The Labute approximate surface area is 264 Å². The van der Waals surface area contributed by atoms with Crippen molar-refractivity contribution in [3.05, 3.63) is 109 Å². The molecule has 3 heterocycles. The molecule has 3 atom stereocenters. The van der Waals surface area contributed by atoms with Crippen LogP contribution in [0.2, 0.25) is 0 Å². The van der Waals surface area contributed by atoms with Crippen molar-refractivity contribution in [3.8, 4) is 0 Å². The summed E-state index contributed by atoms with van der Waals surface area (Å²) in [5, 5.41) is 2.42. The number of carbonyl (C=O) groups is 3. The Morgan fingerprint density at radius 3 is 2.21 bits per heavy atom. The first-order valence-electron chi connectivity index (χ1n) is 13.6. The summed E-state index contributed by atoms with van der Waals surface area (Å²) in [6.07, 6.45) is 0. The van der Waals surface area contributed by atoms with E-state index in [4.69, 9.17) is 0 Å². The van der Waals surface area contributed by atoms with Gasteiger partial charge in [0, 0.05) is 21.0 Å². The summed E-state index contributed by atoms with van der Waals surface area (Å²) < 4.78 is 15.5. The summed E-state index contributed by atoms with van der Waals surface area (Å²) in [4.78, 5) is 55.9. The molecule has 2 aliphatic heterocycles. The van der Waals surface area contributed by atoms with Gasteiger partial charge in [-0.15, -0.1) is 0 Å². The van der Waals surface area contributed by atoms with Crippen LogP contribution in [0.3, 0.4) is 0 Å². The first kappa shape index (κ1) is 29.5. The average Bonchev–Trinajstić information content (AvgIpc) is 3.40. The van der Waals surface area contributed by atoms with Crippen LogP contribution in [-0.2, 0) is 26.3 Å². The molecule has 2 aliphatic rings. The molecular formula is C32H27BrFN3O4S2. The Balaban J connectivity index is 1.41. The Morgan fingerprint density at radius 2 is 1.58 bits per heavy atom. The van der Waals surface area contributed by atoms with Gasteiger partial charge in [-0.2, -0.15) is 0 Å². The van der Waals surface area contributed by atoms with E-state index in [-0.39, 0.29) is 28.6 Å². The van der Waals surface area contributed by atoms with E-state index in [2.05, 4.69) is 42.0 Å². The summed E-state index contributed by atoms with van der Waals surface area (Å²) in [5.41, 5.74) is 2.74. The number of carbonyl (C=O) groups excluding carboxylic acids is 3. The van der Waals surface area contributed by atoms with Crippen molar-refractivity contribution in [2.24, 2.45) is 5.92 Å². The van der Waals surface area contributed by atoms with Crippen molar-refractivity contribution in [3.63, 3.8) is 0 Å². The van der Waals surface area contributed by atoms with Crippen LogP contribution >= 0.6 is 39.0 Å². The number of thioether (sulfide) groups is 1. The molecule has 0 aliphatic carbocycles. The topological polar surface area (TPSA) is 88.5 Å². The zero-order chi connectivity index (χ0) is 30.6. The normalized spacial score (nSPS) is 19.7. The lowest BCUT2D eigenvalue weighted by molar-refractivity contribution is -0.122. The number of fused-ring (bicyclic) bond motifs is 2. The van der Waals surface area contributed by atoms with Gasteiger partial charge >= 0.3 is 4.87 Å². The molecule has 4 aromatic rings. The number of imide groups is 1. The van der Waals surface area contributed by atoms with Crippen LogP contribution in [0.25, 0.3) is 0 Å². The highest BCUT2D eigenvalue weighted by Crippen LogP contribution is 2.54. The van der Waals surface area contributed by atoms with E-state index in [9.17, 15) is 23.6 Å². The fourth-order valence-corrected chi connectivity index (χ4v) is 8.56. The zero-order valence-corrected chi connectivity index (χ0v) is 26.7. The van der Waals surface area contributed by atoms with E-state index in [1.54, 1.807) is 24.3 Å². The van der Waals surface area contributed by atoms with E-state index in [0.717, 1.165) is 26.9 Å². The van der Waals surface area contributed by atoms with Gasteiger partial charge in [-0.3, -0.25) is 23.7 Å². The lowest BCUT2D eigenvalue weighted by Gasteiger charge is -2.31. The number of halogens is 2.